The number of carboxylic acid groups (broad SMARTS) is 1. The zero-order chi connectivity index (χ0) is 14.0. The predicted octanol–water partition coefficient (Wildman–Crippen LogP) is 2.74. The monoisotopic (exact) mass is 325 g/mol. The molecule has 0 aromatic heterocycles. The second-order valence-corrected chi connectivity index (χ2v) is 5.95. The van der Waals surface area contributed by atoms with Gasteiger partial charge in [0.25, 0.3) is 0 Å². The fourth-order valence-corrected chi connectivity index (χ4v) is 2.53. The van der Waals surface area contributed by atoms with Crippen LogP contribution in [0.4, 0.5) is 0 Å². The highest BCUT2D eigenvalue weighted by atomic mass is 79.9. The molecule has 0 aliphatic heterocycles. The zero-order valence-corrected chi connectivity index (χ0v) is 12.2. The molecule has 0 unspecified atom stereocenters. The van der Waals surface area contributed by atoms with E-state index in [1.807, 2.05) is 31.2 Å². The quantitative estimate of drug-likeness (QED) is 0.874. The average Bonchev–Trinajstić information content (AvgIpc) is 3.05. The second kappa shape index (κ2) is 5.74. The maximum absolute atomic E-state index is 12.0. The van der Waals surface area contributed by atoms with Gasteiger partial charge in [-0.05, 0) is 30.0 Å². The summed E-state index contributed by atoms with van der Waals surface area (Å²) in [5.74, 6) is -0.510. The van der Waals surface area contributed by atoms with Crippen LogP contribution in [-0.4, -0.2) is 17.0 Å². The predicted molar refractivity (Wildman–Crippen MR) is 74.5 cm³/mol. The van der Waals surface area contributed by atoms with Crippen LogP contribution in [0, 0.1) is 11.8 Å². The number of amides is 1. The Labute approximate surface area is 120 Å². The Morgan fingerprint density at radius 1 is 1.53 bits per heavy atom. The normalized spacial score (nSPS) is 22.6. The van der Waals surface area contributed by atoms with E-state index in [4.69, 9.17) is 5.11 Å². The molecule has 102 valence electrons. The third-order valence-corrected chi connectivity index (χ3v) is 3.89. The van der Waals surface area contributed by atoms with Crippen LogP contribution in [0.1, 0.15) is 31.4 Å². The minimum atomic E-state index is -0.922. The van der Waals surface area contributed by atoms with E-state index >= 15 is 0 Å². The maximum atomic E-state index is 12.0. The molecule has 2 N–H and O–H groups in total. The van der Waals surface area contributed by atoms with Crippen molar-refractivity contribution < 1.29 is 14.7 Å². The Bertz CT molecular complexity index is 503. The number of carbonyl (C=O) groups is 2. The van der Waals surface area contributed by atoms with E-state index in [-0.39, 0.29) is 18.2 Å². The highest BCUT2D eigenvalue weighted by Gasteiger charge is 2.40. The van der Waals surface area contributed by atoms with Crippen LogP contribution in [0.5, 0.6) is 0 Å². The molecule has 1 amide bonds. The summed E-state index contributed by atoms with van der Waals surface area (Å²) in [5.41, 5.74) is 0.804. The summed E-state index contributed by atoms with van der Waals surface area (Å²) in [4.78, 5) is 22.9. The van der Waals surface area contributed by atoms with E-state index in [0.29, 0.717) is 5.92 Å². The first-order valence-electron chi connectivity index (χ1n) is 6.25. The Morgan fingerprint density at radius 3 is 2.74 bits per heavy atom. The summed E-state index contributed by atoms with van der Waals surface area (Å²) in [5, 5.41) is 11.8. The SMILES string of the molecule is C[C@@H]1C[C@@H]1C(=O)N[C@H](CC(=O)O)c1cccc(Br)c1. The van der Waals surface area contributed by atoms with Crippen molar-refractivity contribution in [3.8, 4) is 0 Å². The number of rotatable bonds is 5. The van der Waals surface area contributed by atoms with Gasteiger partial charge in [-0.1, -0.05) is 35.0 Å². The van der Waals surface area contributed by atoms with Crippen LogP contribution in [-0.2, 0) is 9.59 Å². The number of halogens is 1. The lowest BCUT2D eigenvalue weighted by Gasteiger charge is -2.17. The van der Waals surface area contributed by atoms with Crippen LogP contribution < -0.4 is 5.32 Å². The first-order chi connectivity index (χ1) is 8.97. The van der Waals surface area contributed by atoms with Gasteiger partial charge in [-0.3, -0.25) is 9.59 Å². The van der Waals surface area contributed by atoms with Gasteiger partial charge in [0.1, 0.15) is 0 Å². The minimum Gasteiger partial charge on any atom is -0.481 e. The van der Waals surface area contributed by atoms with Crippen molar-refractivity contribution in [3.05, 3.63) is 34.3 Å². The number of carboxylic acids is 1. The number of aliphatic carboxylic acids is 1. The summed E-state index contributed by atoms with van der Waals surface area (Å²) in [6, 6.07) is 6.89. The van der Waals surface area contributed by atoms with E-state index in [1.54, 1.807) is 0 Å². The lowest BCUT2D eigenvalue weighted by Crippen LogP contribution is -2.31. The van der Waals surface area contributed by atoms with Crippen LogP contribution in [0.3, 0.4) is 0 Å². The van der Waals surface area contributed by atoms with Crippen molar-refractivity contribution in [1.82, 2.24) is 5.32 Å². The molecule has 0 saturated heterocycles. The number of nitrogens with one attached hydrogen (secondary N) is 1. The van der Waals surface area contributed by atoms with E-state index in [1.165, 1.54) is 0 Å². The number of carbonyl (C=O) groups excluding carboxylic acids is 1. The standard InChI is InChI=1S/C14H16BrNO3/c1-8-5-11(8)14(19)16-12(7-13(17)18)9-3-2-4-10(15)6-9/h2-4,6,8,11-12H,5,7H2,1H3,(H,16,19)(H,17,18)/t8-,11+,12-/m1/s1. The molecule has 2 rings (SSSR count). The summed E-state index contributed by atoms with van der Waals surface area (Å²) in [7, 11) is 0. The molecule has 0 heterocycles. The minimum absolute atomic E-state index is 0.0428. The fraction of sp³-hybridized carbons (Fsp3) is 0.429. The van der Waals surface area contributed by atoms with Gasteiger partial charge in [0.05, 0.1) is 12.5 Å². The third-order valence-electron chi connectivity index (χ3n) is 3.39. The Balaban J connectivity index is 2.11. The highest BCUT2D eigenvalue weighted by Crippen LogP contribution is 2.38. The zero-order valence-electron chi connectivity index (χ0n) is 10.6. The fourth-order valence-electron chi connectivity index (χ4n) is 2.12. The van der Waals surface area contributed by atoms with Gasteiger partial charge in [0.2, 0.25) is 5.91 Å². The van der Waals surface area contributed by atoms with Crippen LogP contribution in [0.2, 0.25) is 0 Å². The molecule has 1 fully saturated rings. The van der Waals surface area contributed by atoms with Crippen LogP contribution in [0.25, 0.3) is 0 Å². The molecule has 4 nitrogen and oxygen atoms in total. The lowest BCUT2D eigenvalue weighted by molar-refractivity contribution is -0.137. The van der Waals surface area contributed by atoms with Crippen molar-refractivity contribution in [1.29, 1.82) is 0 Å². The molecule has 1 aliphatic carbocycles. The molecule has 1 aliphatic rings. The van der Waals surface area contributed by atoms with Gasteiger partial charge < -0.3 is 10.4 Å². The topological polar surface area (TPSA) is 66.4 Å². The van der Waals surface area contributed by atoms with Crippen molar-refractivity contribution in [2.45, 2.75) is 25.8 Å². The molecule has 1 saturated carbocycles. The van der Waals surface area contributed by atoms with E-state index in [0.717, 1.165) is 16.5 Å². The largest absolute Gasteiger partial charge is 0.481 e. The van der Waals surface area contributed by atoms with Crippen molar-refractivity contribution in [2.75, 3.05) is 0 Å². The molecule has 1 aromatic rings. The molecule has 0 radical (unpaired) electrons. The van der Waals surface area contributed by atoms with Gasteiger partial charge in [-0.25, -0.2) is 0 Å². The van der Waals surface area contributed by atoms with Crippen molar-refractivity contribution in [2.24, 2.45) is 11.8 Å². The summed E-state index contributed by atoms with van der Waals surface area (Å²) in [6.07, 6.45) is 0.785. The van der Waals surface area contributed by atoms with Gasteiger partial charge >= 0.3 is 5.97 Å². The van der Waals surface area contributed by atoms with Crippen molar-refractivity contribution in [3.63, 3.8) is 0 Å². The molecule has 0 bridgehead atoms. The third kappa shape index (κ3) is 3.80. The summed E-state index contributed by atoms with van der Waals surface area (Å²) >= 11 is 3.35. The molecule has 5 heteroatoms. The Hall–Kier alpha value is -1.36. The first-order valence-corrected chi connectivity index (χ1v) is 7.04. The smallest absolute Gasteiger partial charge is 0.305 e. The summed E-state index contributed by atoms with van der Waals surface area (Å²) < 4.78 is 0.870. The highest BCUT2D eigenvalue weighted by molar-refractivity contribution is 9.10. The lowest BCUT2D eigenvalue weighted by atomic mass is 10.0. The molecule has 1 aromatic carbocycles. The van der Waals surface area contributed by atoms with E-state index < -0.39 is 12.0 Å². The molecular formula is C14H16BrNO3. The number of hydrogen-bond acceptors (Lipinski definition) is 2. The van der Waals surface area contributed by atoms with Gasteiger partial charge in [0.15, 0.2) is 0 Å². The first kappa shape index (κ1) is 14.1. The van der Waals surface area contributed by atoms with Gasteiger partial charge in [-0.2, -0.15) is 0 Å². The Kier molecular flexibility index (Phi) is 4.24. The summed E-state index contributed by atoms with van der Waals surface area (Å²) in [6.45, 7) is 2.02. The van der Waals surface area contributed by atoms with Crippen LogP contribution >= 0.6 is 15.9 Å². The molecule has 19 heavy (non-hydrogen) atoms. The van der Waals surface area contributed by atoms with Crippen molar-refractivity contribution >= 4 is 27.8 Å². The number of hydrogen-bond donors (Lipinski definition) is 2. The Morgan fingerprint density at radius 2 is 2.21 bits per heavy atom. The number of benzene rings is 1. The second-order valence-electron chi connectivity index (χ2n) is 5.03. The molecular weight excluding hydrogens is 310 g/mol. The maximum Gasteiger partial charge on any atom is 0.305 e. The van der Waals surface area contributed by atoms with Gasteiger partial charge in [-0.15, -0.1) is 0 Å². The van der Waals surface area contributed by atoms with E-state index in [9.17, 15) is 9.59 Å². The average molecular weight is 326 g/mol. The molecule has 3 atom stereocenters. The molecule has 0 spiro atoms. The van der Waals surface area contributed by atoms with Gasteiger partial charge in [0, 0.05) is 10.4 Å². The van der Waals surface area contributed by atoms with Crippen LogP contribution in [0.15, 0.2) is 28.7 Å². The van der Waals surface area contributed by atoms with E-state index in [2.05, 4.69) is 21.2 Å².